The van der Waals surface area contributed by atoms with Crippen LogP contribution in [0.3, 0.4) is 0 Å². The highest BCUT2D eigenvalue weighted by atomic mass is 35.5. The molecule has 5 heteroatoms. The molecule has 0 aliphatic heterocycles. The zero-order valence-corrected chi connectivity index (χ0v) is 15.0. The van der Waals surface area contributed by atoms with Crippen LogP contribution in [0.15, 0.2) is 48.8 Å². The first-order valence-electron chi connectivity index (χ1n) is 8.79. The van der Waals surface area contributed by atoms with Crippen LogP contribution >= 0.6 is 11.6 Å². The van der Waals surface area contributed by atoms with E-state index in [1.165, 1.54) is 5.56 Å². The zero-order chi connectivity index (χ0) is 17.6. The largest absolute Gasteiger partial charge is 0.338 e. The maximum atomic E-state index is 13.0. The molecule has 1 aromatic carbocycles. The number of aromatic nitrogens is 1. The Morgan fingerprint density at radius 2 is 2.00 bits per heavy atom. The van der Waals surface area contributed by atoms with Gasteiger partial charge in [0.25, 0.3) is 0 Å². The first-order chi connectivity index (χ1) is 12.1. The lowest BCUT2D eigenvalue weighted by Crippen LogP contribution is -2.37. The summed E-state index contributed by atoms with van der Waals surface area (Å²) >= 11 is 5.95. The molecule has 1 amide bonds. The Labute approximate surface area is 154 Å². The molecule has 0 saturated heterocycles. The molecule has 2 N–H and O–H groups in total. The number of hydrogen-bond donors (Lipinski definition) is 1. The second kappa shape index (κ2) is 8.45. The van der Waals surface area contributed by atoms with Crippen molar-refractivity contribution in [2.45, 2.75) is 38.3 Å². The number of halogens is 1. The van der Waals surface area contributed by atoms with E-state index in [1.807, 2.05) is 47.5 Å². The number of rotatable bonds is 6. The third-order valence-corrected chi connectivity index (χ3v) is 5.07. The molecule has 25 heavy (non-hydrogen) atoms. The summed E-state index contributed by atoms with van der Waals surface area (Å²) in [5, 5.41) is 0.729. The second-order valence-corrected chi connectivity index (χ2v) is 7.20. The van der Waals surface area contributed by atoms with Gasteiger partial charge in [0, 0.05) is 42.5 Å². The number of nitrogens with two attached hydrogens (primary N) is 1. The van der Waals surface area contributed by atoms with Crippen molar-refractivity contribution < 1.29 is 4.79 Å². The molecule has 1 heterocycles. The highest BCUT2D eigenvalue weighted by molar-refractivity contribution is 6.30. The van der Waals surface area contributed by atoms with Crippen LogP contribution in [-0.4, -0.2) is 28.4 Å². The van der Waals surface area contributed by atoms with Crippen molar-refractivity contribution in [2.75, 3.05) is 6.54 Å². The van der Waals surface area contributed by atoms with Gasteiger partial charge in [0.05, 0.1) is 0 Å². The van der Waals surface area contributed by atoms with Crippen molar-refractivity contribution in [1.82, 2.24) is 9.88 Å². The summed E-state index contributed by atoms with van der Waals surface area (Å²) < 4.78 is 0. The van der Waals surface area contributed by atoms with Crippen molar-refractivity contribution in [1.29, 1.82) is 0 Å². The van der Waals surface area contributed by atoms with E-state index in [-0.39, 0.29) is 17.9 Å². The Bertz CT molecular complexity index is 690. The van der Waals surface area contributed by atoms with Crippen molar-refractivity contribution in [3.05, 3.63) is 64.9 Å². The van der Waals surface area contributed by atoms with E-state index in [1.54, 1.807) is 6.20 Å². The number of pyridine rings is 1. The summed E-state index contributed by atoms with van der Waals surface area (Å²) in [6, 6.07) is 11.9. The molecule has 1 aliphatic rings. The van der Waals surface area contributed by atoms with Gasteiger partial charge in [-0.05, 0) is 55.0 Å². The lowest BCUT2D eigenvalue weighted by Gasteiger charge is -2.26. The molecule has 1 aromatic heterocycles. The predicted octanol–water partition coefficient (Wildman–Crippen LogP) is 3.43. The van der Waals surface area contributed by atoms with E-state index >= 15 is 0 Å². The number of carbonyl (C=O) groups is 1. The van der Waals surface area contributed by atoms with Crippen molar-refractivity contribution in [3.8, 4) is 0 Å². The molecule has 1 aliphatic carbocycles. The summed E-state index contributed by atoms with van der Waals surface area (Å²) in [7, 11) is 0. The Hall–Kier alpha value is -1.91. The lowest BCUT2D eigenvalue weighted by molar-refractivity contribution is -0.136. The normalized spacial score (nSPS) is 19.8. The third kappa shape index (κ3) is 5.03. The van der Waals surface area contributed by atoms with Gasteiger partial charge in [-0.15, -0.1) is 0 Å². The van der Waals surface area contributed by atoms with E-state index in [9.17, 15) is 4.79 Å². The van der Waals surface area contributed by atoms with Gasteiger partial charge in [-0.25, -0.2) is 0 Å². The molecule has 0 unspecified atom stereocenters. The van der Waals surface area contributed by atoms with Crippen LogP contribution in [0.25, 0.3) is 0 Å². The van der Waals surface area contributed by atoms with Gasteiger partial charge in [0.2, 0.25) is 5.91 Å². The number of hydrogen-bond acceptors (Lipinski definition) is 3. The molecule has 0 bridgehead atoms. The Morgan fingerprint density at radius 3 is 2.64 bits per heavy atom. The van der Waals surface area contributed by atoms with Crippen LogP contribution < -0.4 is 5.73 Å². The Morgan fingerprint density at radius 1 is 1.20 bits per heavy atom. The number of benzene rings is 1. The zero-order valence-electron chi connectivity index (χ0n) is 14.3. The molecule has 1 saturated carbocycles. The smallest absolute Gasteiger partial charge is 0.226 e. The van der Waals surface area contributed by atoms with Gasteiger partial charge in [-0.1, -0.05) is 29.8 Å². The minimum atomic E-state index is 0.0527. The molecule has 2 atom stereocenters. The maximum Gasteiger partial charge on any atom is 0.226 e. The summed E-state index contributed by atoms with van der Waals surface area (Å²) in [4.78, 5) is 19.1. The fourth-order valence-electron chi connectivity index (χ4n) is 3.39. The van der Waals surface area contributed by atoms with Crippen LogP contribution in [0.1, 0.15) is 30.4 Å². The van der Waals surface area contributed by atoms with Gasteiger partial charge in [-0.3, -0.25) is 9.78 Å². The molecule has 4 nitrogen and oxygen atoms in total. The molecular weight excluding hydrogens is 334 g/mol. The minimum Gasteiger partial charge on any atom is -0.338 e. The monoisotopic (exact) mass is 357 g/mol. The lowest BCUT2D eigenvalue weighted by atomic mass is 10.0. The fourth-order valence-corrected chi connectivity index (χ4v) is 3.52. The van der Waals surface area contributed by atoms with E-state index in [4.69, 9.17) is 17.3 Å². The first-order valence-corrected chi connectivity index (χ1v) is 9.17. The molecule has 1 fully saturated rings. The van der Waals surface area contributed by atoms with Gasteiger partial charge in [0.1, 0.15) is 0 Å². The molecular formula is C20H24ClN3O. The standard InChI is InChI=1S/C20H24ClN3O/c21-18-6-3-15(4-7-18)9-11-24(14-16-2-1-10-23-13-16)20(25)17-5-8-19(22)12-17/h1-4,6-7,10,13,17,19H,5,8-9,11-12,14,22H2/t17-,19+/m1/s1. The summed E-state index contributed by atoms with van der Waals surface area (Å²) in [6.07, 6.45) is 7.01. The molecule has 0 spiro atoms. The molecule has 3 rings (SSSR count). The quantitative estimate of drug-likeness (QED) is 0.861. The minimum absolute atomic E-state index is 0.0527. The van der Waals surface area contributed by atoms with Crippen molar-refractivity contribution in [3.63, 3.8) is 0 Å². The molecule has 2 aromatic rings. The summed E-state index contributed by atoms with van der Waals surface area (Å²) in [6.45, 7) is 1.27. The van der Waals surface area contributed by atoms with E-state index < -0.39 is 0 Å². The third-order valence-electron chi connectivity index (χ3n) is 4.81. The first kappa shape index (κ1) is 17.9. The Kier molecular flexibility index (Phi) is 6.05. The number of amides is 1. The average Bonchev–Trinajstić information content (AvgIpc) is 3.07. The number of carbonyl (C=O) groups excluding carboxylic acids is 1. The summed E-state index contributed by atoms with van der Waals surface area (Å²) in [5.41, 5.74) is 8.23. The van der Waals surface area contributed by atoms with Crippen LogP contribution in [0.2, 0.25) is 5.02 Å². The highest BCUT2D eigenvalue weighted by Gasteiger charge is 2.31. The van der Waals surface area contributed by atoms with Gasteiger partial charge >= 0.3 is 0 Å². The van der Waals surface area contributed by atoms with E-state index in [0.29, 0.717) is 13.1 Å². The SMILES string of the molecule is N[C@H]1CC[C@@H](C(=O)N(CCc2ccc(Cl)cc2)Cc2cccnc2)C1. The van der Waals surface area contributed by atoms with E-state index in [0.717, 1.165) is 36.3 Å². The highest BCUT2D eigenvalue weighted by Crippen LogP contribution is 2.26. The maximum absolute atomic E-state index is 13.0. The van der Waals surface area contributed by atoms with Gasteiger partial charge in [0.15, 0.2) is 0 Å². The molecule has 0 radical (unpaired) electrons. The van der Waals surface area contributed by atoms with Crippen molar-refractivity contribution >= 4 is 17.5 Å². The predicted molar refractivity (Wildman–Crippen MR) is 100 cm³/mol. The summed E-state index contributed by atoms with van der Waals surface area (Å²) in [5.74, 6) is 0.266. The van der Waals surface area contributed by atoms with Crippen LogP contribution in [0.5, 0.6) is 0 Å². The van der Waals surface area contributed by atoms with E-state index in [2.05, 4.69) is 4.98 Å². The van der Waals surface area contributed by atoms with Crippen LogP contribution in [0, 0.1) is 5.92 Å². The van der Waals surface area contributed by atoms with Gasteiger partial charge in [-0.2, -0.15) is 0 Å². The van der Waals surface area contributed by atoms with Crippen LogP contribution in [-0.2, 0) is 17.8 Å². The van der Waals surface area contributed by atoms with Gasteiger partial charge < -0.3 is 10.6 Å². The topological polar surface area (TPSA) is 59.2 Å². The fraction of sp³-hybridized carbons (Fsp3) is 0.400. The van der Waals surface area contributed by atoms with Crippen LogP contribution in [0.4, 0.5) is 0 Å². The Balaban J connectivity index is 1.69. The van der Waals surface area contributed by atoms with Crippen molar-refractivity contribution in [2.24, 2.45) is 11.7 Å². The average molecular weight is 358 g/mol. The molecule has 132 valence electrons. The second-order valence-electron chi connectivity index (χ2n) is 6.77. The number of nitrogens with zero attached hydrogens (tertiary/aromatic N) is 2.